The van der Waals surface area contributed by atoms with E-state index in [-0.39, 0.29) is 6.04 Å². The molecular weight excluding hydrogens is 280 g/mol. The number of hydrogen-bond acceptors (Lipinski definition) is 4. The van der Waals surface area contributed by atoms with Gasteiger partial charge in [0.25, 0.3) is 0 Å². The summed E-state index contributed by atoms with van der Waals surface area (Å²) in [5.74, 6) is 0. The maximum Gasteiger partial charge on any atom is 0.407 e. The fraction of sp³-hybridized carbons (Fsp3) is 0.471. The number of fused-ring (bicyclic) bond motifs is 1. The second kappa shape index (κ2) is 6.83. The lowest BCUT2D eigenvalue weighted by atomic mass is 10.2. The molecule has 5 heteroatoms. The van der Waals surface area contributed by atoms with E-state index < -0.39 is 11.7 Å². The number of furan rings is 1. The largest absolute Gasteiger partial charge is 0.464 e. The first kappa shape index (κ1) is 16.4. The van der Waals surface area contributed by atoms with Gasteiger partial charge in [-0.3, -0.25) is 0 Å². The molecule has 0 aliphatic rings. The first-order valence-corrected chi connectivity index (χ1v) is 7.50. The molecule has 22 heavy (non-hydrogen) atoms. The van der Waals surface area contributed by atoms with Crippen molar-refractivity contribution in [3.8, 4) is 0 Å². The number of carbonyl (C=O) groups is 1. The van der Waals surface area contributed by atoms with Crippen LogP contribution in [0.15, 0.2) is 34.9 Å². The lowest BCUT2D eigenvalue weighted by Crippen LogP contribution is -2.42. The summed E-state index contributed by atoms with van der Waals surface area (Å²) in [4.78, 5) is 11.7. The lowest BCUT2D eigenvalue weighted by molar-refractivity contribution is 0.0508. The Morgan fingerprint density at radius 3 is 2.77 bits per heavy atom. The van der Waals surface area contributed by atoms with Gasteiger partial charge in [-0.15, -0.1) is 0 Å². The molecule has 0 bridgehead atoms. The average molecular weight is 304 g/mol. The molecule has 0 spiro atoms. The summed E-state index contributed by atoms with van der Waals surface area (Å²) in [5.41, 5.74) is 1.52. The van der Waals surface area contributed by atoms with Crippen molar-refractivity contribution in [2.75, 3.05) is 6.54 Å². The number of amides is 1. The predicted molar refractivity (Wildman–Crippen MR) is 86.8 cm³/mol. The number of nitrogens with one attached hydrogen (secondary N) is 2. The molecule has 120 valence electrons. The summed E-state index contributed by atoms with van der Waals surface area (Å²) in [5, 5.41) is 7.24. The van der Waals surface area contributed by atoms with Crippen molar-refractivity contribution in [3.63, 3.8) is 0 Å². The highest BCUT2D eigenvalue weighted by molar-refractivity contribution is 5.80. The van der Waals surface area contributed by atoms with E-state index in [0.29, 0.717) is 13.1 Å². The predicted octanol–water partition coefficient (Wildman–Crippen LogP) is 3.44. The van der Waals surface area contributed by atoms with Crippen LogP contribution in [0.2, 0.25) is 0 Å². The SMILES string of the molecule is CC(CNCc1coc2ccccc12)NC(=O)OC(C)(C)C. The maximum absolute atomic E-state index is 11.7. The summed E-state index contributed by atoms with van der Waals surface area (Å²) in [6.07, 6.45) is 1.37. The van der Waals surface area contributed by atoms with Crippen LogP contribution < -0.4 is 10.6 Å². The van der Waals surface area contributed by atoms with Gasteiger partial charge in [0.2, 0.25) is 0 Å². The van der Waals surface area contributed by atoms with E-state index in [0.717, 1.165) is 16.5 Å². The highest BCUT2D eigenvalue weighted by Gasteiger charge is 2.17. The number of rotatable bonds is 5. The Balaban J connectivity index is 1.77. The molecule has 0 aliphatic heterocycles. The van der Waals surface area contributed by atoms with Gasteiger partial charge in [0, 0.05) is 30.1 Å². The fourth-order valence-electron chi connectivity index (χ4n) is 2.15. The summed E-state index contributed by atoms with van der Waals surface area (Å²) in [6, 6.07) is 7.92. The number of hydrogen-bond donors (Lipinski definition) is 2. The molecule has 1 aromatic carbocycles. The summed E-state index contributed by atoms with van der Waals surface area (Å²) >= 11 is 0. The molecule has 1 amide bonds. The number of para-hydroxylation sites is 1. The Morgan fingerprint density at radius 2 is 2.05 bits per heavy atom. The fourth-order valence-corrected chi connectivity index (χ4v) is 2.15. The first-order valence-electron chi connectivity index (χ1n) is 7.50. The third-order valence-corrected chi connectivity index (χ3v) is 3.09. The highest BCUT2D eigenvalue weighted by atomic mass is 16.6. The van der Waals surface area contributed by atoms with Crippen molar-refractivity contribution in [1.82, 2.24) is 10.6 Å². The zero-order chi connectivity index (χ0) is 16.2. The number of benzene rings is 1. The van der Waals surface area contributed by atoms with Crippen LogP contribution in [0.3, 0.4) is 0 Å². The second-order valence-electron chi connectivity index (χ2n) is 6.44. The molecule has 2 rings (SSSR count). The summed E-state index contributed by atoms with van der Waals surface area (Å²) < 4.78 is 10.7. The molecule has 2 N–H and O–H groups in total. The van der Waals surface area contributed by atoms with Gasteiger partial charge in [-0.1, -0.05) is 18.2 Å². The minimum atomic E-state index is -0.479. The topological polar surface area (TPSA) is 63.5 Å². The minimum absolute atomic E-state index is 0.0204. The van der Waals surface area contributed by atoms with Crippen LogP contribution in [0.25, 0.3) is 11.0 Å². The van der Waals surface area contributed by atoms with E-state index in [2.05, 4.69) is 10.6 Å². The maximum atomic E-state index is 11.7. The van der Waals surface area contributed by atoms with Crippen LogP contribution in [-0.2, 0) is 11.3 Å². The number of alkyl carbamates (subject to hydrolysis) is 1. The Kier molecular flexibility index (Phi) is 5.08. The van der Waals surface area contributed by atoms with Crippen LogP contribution in [0, 0.1) is 0 Å². The summed E-state index contributed by atoms with van der Waals surface area (Å²) in [7, 11) is 0. The van der Waals surface area contributed by atoms with E-state index in [9.17, 15) is 4.79 Å². The Morgan fingerprint density at radius 1 is 1.32 bits per heavy atom. The van der Waals surface area contributed by atoms with Crippen molar-refractivity contribution >= 4 is 17.1 Å². The lowest BCUT2D eigenvalue weighted by Gasteiger charge is -2.22. The average Bonchev–Trinajstić information content (AvgIpc) is 2.80. The smallest absolute Gasteiger partial charge is 0.407 e. The molecule has 1 aromatic heterocycles. The van der Waals surface area contributed by atoms with Crippen LogP contribution in [0.5, 0.6) is 0 Å². The van der Waals surface area contributed by atoms with Crippen molar-refractivity contribution in [2.24, 2.45) is 0 Å². The van der Waals surface area contributed by atoms with E-state index in [4.69, 9.17) is 9.15 Å². The Hall–Kier alpha value is -2.01. The van der Waals surface area contributed by atoms with Gasteiger partial charge in [-0.2, -0.15) is 0 Å². The van der Waals surface area contributed by atoms with Gasteiger partial charge in [0.1, 0.15) is 11.2 Å². The van der Waals surface area contributed by atoms with Crippen molar-refractivity contribution < 1.29 is 13.9 Å². The molecule has 0 saturated heterocycles. The molecule has 0 saturated carbocycles. The van der Waals surface area contributed by atoms with E-state index in [1.807, 2.05) is 52.0 Å². The van der Waals surface area contributed by atoms with Crippen LogP contribution in [0.4, 0.5) is 4.79 Å². The van der Waals surface area contributed by atoms with Crippen molar-refractivity contribution in [3.05, 3.63) is 36.1 Å². The van der Waals surface area contributed by atoms with Gasteiger partial charge in [0.05, 0.1) is 6.26 Å². The first-order chi connectivity index (χ1) is 10.3. The molecule has 1 atom stereocenters. The van der Waals surface area contributed by atoms with Crippen molar-refractivity contribution in [2.45, 2.75) is 45.9 Å². The van der Waals surface area contributed by atoms with Crippen molar-refractivity contribution in [1.29, 1.82) is 0 Å². The third kappa shape index (κ3) is 4.77. The van der Waals surface area contributed by atoms with Crippen LogP contribution >= 0.6 is 0 Å². The molecule has 0 fully saturated rings. The molecule has 1 heterocycles. The highest BCUT2D eigenvalue weighted by Crippen LogP contribution is 2.20. The molecule has 2 aromatic rings. The normalized spacial score (nSPS) is 13.1. The van der Waals surface area contributed by atoms with Gasteiger partial charge < -0.3 is 19.8 Å². The minimum Gasteiger partial charge on any atom is -0.464 e. The van der Waals surface area contributed by atoms with E-state index in [1.54, 1.807) is 6.26 Å². The molecule has 1 unspecified atom stereocenters. The van der Waals surface area contributed by atoms with Gasteiger partial charge in [-0.05, 0) is 33.8 Å². The van der Waals surface area contributed by atoms with E-state index >= 15 is 0 Å². The molecular formula is C17H24N2O3. The zero-order valence-electron chi connectivity index (χ0n) is 13.6. The molecule has 0 aliphatic carbocycles. The molecule has 5 nitrogen and oxygen atoms in total. The number of ether oxygens (including phenoxy) is 1. The zero-order valence-corrected chi connectivity index (χ0v) is 13.6. The van der Waals surface area contributed by atoms with Crippen LogP contribution in [-0.4, -0.2) is 24.3 Å². The monoisotopic (exact) mass is 304 g/mol. The Bertz CT molecular complexity index is 628. The standard InChI is InChI=1S/C17H24N2O3/c1-12(19-16(20)22-17(2,3)4)9-18-10-13-11-21-15-8-6-5-7-14(13)15/h5-8,11-12,18H,9-10H2,1-4H3,(H,19,20). The van der Waals surface area contributed by atoms with Crippen LogP contribution in [0.1, 0.15) is 33.3 Å². The quantitative estimate of drug-likeness (QED) is 0.888. The Labute approximate surface area is 131 Å². The van der Waals surface area contributed by atoms with Gasteiger partial charge in [-0.25, -0.2) is 4.79 Å². The van der Waals surface area contributed by atoms with E-state index in [1.165, 1.54) is 0 Å². The third-order valence-electron chi connectivity index (χ3n) is 3.09. The number of carbonyl (C=O) groups excluding carboxylic acids is 1. The summed E-state index contributed by atoms with van der Waals surface area (Å²) in [6.45, 7) is 8.82. The van der Waals surface area contributed by atoms with Gasteiger partial charge >= 0.3 is 6.09 Å². The van der Waals surface area contributed by atoms with Gasteiger partial charge in [0.15, 0.2) is 0 Å². The second-order valence-corrected chi connectivity index (χ2v) is 6.44. The molecule has 0 radical (unpaired) electrons.